The standard InChI is InChI=1S/C25H30ClN3O3/c1-2-7-23(30)27-15-18-8-6-13-29(16-18)17-24(31)28-22-12-11-20(26)14-21(22)25(32)19-9-4-3-5-10-19/h3-5,9-12,14,18H,2,6-8,13,15-17H2,1H3,(H,27,30)(H,28,31). The smallest absolute Gasteiger partial charge is 0.238 e. The van der Waals surface area contributed by atoms with Crippen molar-refractivity contribution in [2.24, 2.45) is 5.92 Å². The first-order valence-corrected chi connectivity index (χ1v) is 11.5. The summed E-state index contributed by atoms with van der Waals surface area (Å²) in [6.07, 6.45) is 3.41. The molecule has 2 aromatic rings. The highest BCUT2D eigenvalue weighted by Gasteiger charge is 2.23. The van der Waals surface area contributed by atoms with Gasteiger partial charge in [0, 0.05) is 35.7 Å². The summed E-state index contributed by atoms with van der Waals surface area (Å²) in [4.78, 5) is 39.6. The van der Waals surface area contributed by atoms with E-state index in [2.05, 4.69) is 15.5 Å². The van der Waals surface area contributed by atoms with E-state index >= 15 is 0 Å². The molecule has 0 aromatic heterocycles. The molecule has 6 nitrogen and oxygen atoms in total. The van der Waals surface area contributed by atoms with Crippen LogP contribution in [-0.4, -0.2) is 48.7 Å². The van der Waals surface area contributed by atoms with Gasteiger partial charge < -0.3 is 10.6 Å². The largest absolute Gasteiger partial charge is 0.356 e. The van der Waals surface area contributed by atoms with E-state index in [1.165, 1.54) is 0 Å². The number of anilines is 1. The molecule has 0 bridgehead atoms. The molecule has 32 heavy (non-hydrogen) atoms. The van der Waals surface area contributed by atoms with Crippen molar-refractivity contribution in [2.45, 2.75) is 32.6 Å². The highest BCUT2D eigenvalue weighted by atomic mass is 35.5. The molecule has 1 aliphatic rings. The first-order valence-electron chi connectivity index (χ1n) is 11.1. The fraction of sp³-hybridized carbons (Fsp3) is 0.400. The lowest BCUT2D eigenvalue weighted by Crippen LogP contribution is -2.43. The summed E-state index contributed by atoms with van der Waals surface area (Å²) in [7, 11) is 0. The third kappa shape index (κ3) is 6.90. The van der Waals surface area contributed by atoms with Crippen molar-refractivity contribution < 1.29 is 14.4 Å². The van der Waals surface area contributed by atoms with Crippen LogP contribution in [0.3, 0.4) is 0 Å². The highest BCUT2D eigenvalue weighted by Crippen LogP contribution is 2.24. The maximum atomic E-state index is 13.0. The van der Waals surface area contributed by atoms with Crippen LogP contribution in [0.5, 0.6) is 0 Å². The summed E-state index contributed by atoms with van der Waals surface area (Å²) >= 11 is 6.13. The van der Waals surface area contributed by atoms with E-state index in [0.717, 1.165) is 32.4 Å². The Morgan fingerprint density at radius 1 is 1.09 bits per heavy atom. The van der Waals surface area contributed by atoms with Crippen LogP contribution in [0.1, 0.15) is 48.5 Å². The van der Waals surface area contributed by atoms with Crippen molar-refractivity contribution in [2.75, 3.05) is 31.5 Å². The molecule has 0 radical (unpaired) electrons. The van der Waals surface area contributed by atoms with Crippen molar-refractivity contribution in [1.29, 1.82) is 0 Å². The highest BCUT2D eigenvalue weighted by molar-refractivity contribution is 6.31. The SMILES string of the molecule is CCCC(=O)NCC1CCCN(CC(=O)Nc2ccc(Cl)cc2C(=O)c2ccccc2)C1. The lowest BCUT2D eigenvalue weighted by molar-refractivity contribution is -0.121. The van der Waals surface area contributed by atoms with E-state index in [0.29, 0.717) is 40.7 Å². The number of nitrogens with zero attached hydrogens (tertiary/aromatic N) is 1. The molecule has 2 aromatic carbocycles. The number of ketones is 1. The zero-order chi connectivity index (χ0) is 22.9. The minimum absolute atomic E-state index is 0.0840. The second-order valence-electron chi connectivity index (χ2n) is 8.23. The minimum Gasteiger partial charge on any atom is -0.356 e. The molecular weight excluding hydrogens is 426 g/mol. The average molecular weight is 456 g/mol. The molecule has 2 amide bonds. The van der Waals surface area contributed by atoms with Gasteiger partial charge in [-0.05, 0) is 49.9 Å². The number of nitrogens with one attached hydrogen (secondary N) is 2. The van der Waals surface area contributed by atoms with E-state index in [9.17, 15) is 14.4 Å². The average Bonchev–Trinajstić information content (AvgIpc) is 2.79. The normalized spacial score (nSPS) is 16.4. The van der Waals surface area contributed by atoms with Crippen molar-refractivity contribution in [3.8, 4) is 0 Å². The van der Waals surface area contributed by atoms with Crippen LogP contribution in [0.15, 0.2) is 48.5 Å². The maximum Gasteiger partial charge on any atom is 0.238 e. The number of hydrogen-bond donors (Lipinski definition) is 2. The number of piperidine rings is 1. The van der Waals surface area contributed by atoms with E-state index in [1.54, 1.807) is 42.5 Å². The van der Waals surface area contributed by atoms with Gasteiger partial charge in [0.1, 0.15) is 0 Å². The Balaban J connectivity index is 1.60. The van der Waals surface area contributed by atoms with Crippen LogP contribution in [0.2, 0.25) is 5.02 Å². The molecule has 1 fully saturated rings. The van der Waals surface area contributed by atoms with Crippen molar-refractivity contribution in [3.05, 3.63) is 64.7 Å². The lowest BCUT2D eigenvalue weighted by atomic mass is 9.98. The molecule has 7 heteroatoms. The van der Waals surface area contributed by atoms with Crippen molar-refractivity contribution in [3.63, 3.8) is 0 Å². The molecule has 1 unspecified atom stereocenters. The molecule has 1 atom stereocenters. The molecule has 1 heterocycles. The van der Waals surface area contributed by atoms with E-state index in [-0.39, 0.29) is 24.1 Å². The number of carbonyl (C=O) groups is 3. The summed E-state index contributed by atoms with van der Waals surface area (Å²) in [6, 6.07) is 13.8. The fourth-order valence-corrected chi connectivity index (χ4v) is 4.16. The van der Waals surface area contributed by atoms with Crippen molar-refractivity contribution >= 4 is 34.9 Å². The number of amides is 2. The lowest BCUT2D eigenvalue weighted by Gasteiger charge is -2.32. The molecular formula is C25H30ClN3O3. The van der Waals surface area contributed by atoms with Crippen LogP contribution < -0.4 is 10.6 Å². The quantitative estimate of drug-likeness (QED) is 0.557. The van der Waals surface area contributed by atoms with Gasteiger partial charge in [0.2, 0.25) is 11.8 Å². The van der Waals surface area contributed by atoms with Gasteiger partial charge in [-0.3, -0.25) is 19.3 Å². The number of rotatable bonds is 9. The van der Waals surface area contributed by atoms with E-state index in [4.69, 9.17) is 11.6 Å². The molecule has 2 N–H and O–H groups in total. The molecule has 0 spiro atoms. The van der Waals surface area contributed by atoms with Gasteiger partial charge in [-0.15, -0.1) is 0 Å². The Bertz CT molecular complexity index is 949. The summed E-state index contributed by atoms with van der Waals surface area (Å²) in [5.41, 5.74) is 1.36. The second-order valence-corrected chi connectivity index (χ2v) is 8.67. The van der Waals surface area contributed by atoms with Crippen LogP contribution in [0.4, 0.5) is 5.69 Å². The van der Waals surface area contributed by atoms with Crippen molar-refractivity contribution in [1.82, 2.24) is 10.2 Å². The third-order valence-electron chi connectivity index (χ3n) is 5.57. The number of likely N-dealkylation sites (tertiary alicyclic amines) is 1. The fourth-order valence-electron chi connectivity index (χ4n) is 3.99. The van der Waals surface area contributed by atoms with Crippen LogP contribution in [0.25, 0.3) is 0 Å². The van der Waals surface area contributed by atoms with Gasteiger partial charge in [0.15, 0.2) is 5.78 Å². The van der Waals surface area contributed by atoms with Gasteiger partial charge in [0.25, 0.3) is 0 Å². The number of carbonyl (C=O) groups excluding carboxylic acids is 3. The Hall–Kier alpha value is -2.70. The monoisotopic (exact) mass is 455 g/mol. The third-order valence-corrected chi connectivity index (χ3v) is 5.81. The predicted molar refractivity (Wildman–Crippen MR) is 127 cm³/mol. The topological polar surface area (TPSA) is 78.5 Å². The molecule has 0 aliphatic carbocycles. The van der Waals surface area contributed by atoms with Gasteiger partial charge >= 0.3 is 0 Å². The molecule has 0 saturated carbocycles. The molecule has 1 saturated heterocycles. The van der Waals surface area contributed by atoms with E-state index < -0.39 is 0 Å². The number of hydrogen-bond acceptors (Lipinski definition) is 4. The Labute approximate surface area is 194 Å². The van der Waals surface area contributed by atoms with Gasteiger partial charge in [-0.1, -0.05) is 48.9 Å². The van der Waals surface area contributed by atoms with Gasteiger partial charge in [-0.25, -0.2) is 0 Å². The Morgan fingerprint density at radius 2 is 1.88 bits per heavy atom. The van der Waals surface area contributed by atoms with Crippen LogP contribution >= 0.6 is 11.6 Å². The summed E-state index contributed by atoms with van der Waals surface area (Å²) in [6.45, 7) is 4.46. The summed E-state index contributed by atoms with van der Waals surface area (Å²) in [5.74, 6) is 0.0539. The Morgan fingerprint density at radius 3 is 2.62 bits per heavy atom. The second kappa shape index (κ2) is 11.8. The number of halogens is 1. The maximum absolute atomic E-state index is 13.0. The minimum atomic E-state index is -0.191. The molecule has 1 aliphatic heterocycles. The number of benzene rings is 2. The van der Waals surface area contributed by atoms with Crippen LogP contribution in [-0.2, 0) is 9.59 Å². The van der Waals surface area contributed by atoms with Crippen LogP contribution in [0, 0.1) is 5.92 Å². The summed E-state index contributed by atoms with van der Waals surface area (Å²) < 4.78 is 0. The first-order chi connectivity index (χ1) is 15.5. The predicted octanol–water partition coefficient (Wildman–Crippen LogP) is 4.14. The first kappa shape index (κ1) is 24.0. The summed E-state index contributed by atoms with van der Waals surface area (Å²) in [5, 5.41) is 6.32. The van der Waals surface area contributed by atoms with E-state index in [1.807, 2.05) is 13.0 Å². The zero-order valence-corrected chi connectivity index (χ0v) is 19.2. The Kier molecular flexibility index (Phi) is 8.82. The molecule has 3 rings (SSSR count). The zero-order valence-electron chi connectivity index (χ0n) is 18.4. The van der Waals surface area contributed by atoms with Gasteiger partial charge in [-0.2, -0.15) is 0 Å². The molecule has 170 valence electrons. The van der Waals surface area contributed by atoms with Gasteiger partial charge in [0.05, 0.1) is 12.2 Å².